The Labute approximate surface area is 133 Å². The lowest BCUT2D eigenvalue weighted by Crippen LogP contribution is -2.70. The number of carbonyl (C=O) groups excluding carboxylic acids is 1. The topological polar surface area (TPSA) is 70.6 Å². The molecule has 0 aromatic heterocycles. The number of ether oxygens (including phenoxy) is 1. The number of rotatable bonds is 6. The normalized spacial score (nSPS) is 36.0. The van der Waals surface area contributed by atoms with Crippen LogP contribution in [0, 0.1) is 17.3 Å². The van der Waals surface area contributed by atoms with Crippen LogP contribution in [0.4, 0.5) is 4.79 Å². The average molecular weight is 310 g/mol. The van der Waals surface area contributed by atoms with Gasteiger partial charge in [0.05, 0.1) is 6.10 Å². The summed E-state index contributed by atoms with van der Waals surface area (Å²) < 4.78 is 5.66. The van der Waals surface area contributed by atoms with E-state index >= 15 is 0 Å². The summed E-state index contributed by atoms with van der Waals surface area (Å²) in [6.07, 6.45) is 6.91. The quantitative estimate of drug-likeness (QED) is 0.658. The molecule has 126 valence electrons. The molecule has 0 saturated heterocycles. The van der Waals surface area contributed by atoms with Gasteiger partial charge in [0.2, 0.25) is 0 Å². The van der Waals surface area contributed by atoms with E-state index in [1.807, 2.05) is 12.2 Å². The minimum atomic E-state index is -0.120. The highest BCUT2D eigenvalue weighted by Crippen LogP contribution is 2.52. The third-order valence-electron chi connectivity index (χ3n) is 5.77. The fourth-order valence-corrected chi connectivity index (χ4v) is 4.47. The van der Waals surface area contributed by atoms with Gasteiger partial charge in [0.25, 0.3) is 0 Å². The van der Waals surface area contributed by atoms with Gasteiger partial charge in [0.1, 0.15) is 0 Å². The molecule has 1 saturated carbocycles. The summed E-state index contributed by atoms with van der Waals surface area (Å²) in [5.41, 5.74) is 0.0324. The molecule has 0 bridgehead atoms. The number of hydrogen-bond donors (Lipinski definition) is 3. The third kappa shape index (κ3) is 2.88. The summed E-state index contributed by atoms with van der Waals surface area (Å²) in [4.78, 5) is 12.3. The highest BCUT2D eigenvalue weighted by Gasteiger charge is 2.58. The van der Waals surface area contributed by atoms with Gasteiger partial charge in [-0.25, -0.2) is 4.79 Å². The Bertz CT molecular complexity index is 420. The first kappa shape index (κ1) is 17.3. The van der Waals surface area contributed by atoms with Crippen LogP contribution in [0.25, 0.3) is 0 Å². The minimum Gasteiger partial charge on any atom is -0.396 e. The van der Waals surface area contributed by atoms with Crippen LogP contribution < -0.4 is 10.6 Å². The van der Waals surface area contributed by atoms with E-state index in [2.05, 4.69) is 31.4 Å². The summed E-state index contributed by atoms with van der Waals surface area (Å²) in [5.74, 6) is 0.483. The number of urea groups is 1. The number of methoxy groups -OCH3 is 1. The van der Waals surface area contributed by atoms with E-state index in [-0.39, 0.29) is 42.2 Å². The van der Waals surface area contributed by atoms with Crippen molar-refractivity contribution in [3.63, 3.8) is 0 Å². The first-order valence-corrected chi connectivity index (χ1v) is 8.41. The molecule has 0 radical (unpaired) electrons. The number of amides is 2. The predicted octanol–water partition coefficient (Wildman–Crippen LogP) is 2.06. The Balaban J connectivity index is 1.92. The second-order valence-corrected chi connectivity index (χ2v) is 6.72. The molecule has 5 heteroatoms. The predicted molar refractivity (Wildman–Crippen MR) is 86.6 cm³/mol. The second kappa shape index (κ2) is 7.01. The standard InChI is InChI=1S/C17H30N2O3/c1-5-17(6-2)14(11(3)15(17)22-4)19-16(21)18-13-8-7-12(9-13)10-20/h7-8,11-15,20H,5-6,9-10H2,1-4H3,(H2,18,19,21)/t11?,12-,13+,14?,15?/m0/s1. The van der Waals surface area contributed by atoms with E-state index < -0.39 is 0 Å². The molecular weight excluding hydrogens is 280 g/mol. The average Bonchev–Trinajstić information content (AvgIpc) is 2.97. The molecule has 1 fully saturated rings. The zero-order valence-corrected chi connectivity index (χ0v) is 14.1. The molecule has 0 aromatic rings. The molecule has 2 aliphatic rings. The number of carbonyl (C=O) groups is 1. The molecule has 0 aliphatic heterocycles. The van der Waals surface area contributed by atoms with Crippen molar-refractivity contribution in [3.05, 3.63) is 12.2 Å². The van der Waals surface area contributed by atoms with E-state index in [1.54, 1.807) is 7.11 Å². The maximum atomic E-state index is 12.3. The lowest BCUT2D eigenvalue weighted by molar-refractivity contribution is -0.164. The molecule has 3 unspecified atom stereocenters. The molecular formula is C17H30N2O3. The van der Waals surface area contributed by atoms with Gasteiger partial charge in [0, 0.05) is 43.1 Å². The van der Waals surface area contributed by atoms with E-state index in [0.29, 0.717) is 5.92 Å². The fraction of sp³-hybridized carbons (Fsp3) is 0.824. The monoisotopic (exact) mass is 310 g/mol. The Morgan fingerprint density at radius 2 is 2.00 bits per heavy atom. The molecule has 0 spiro atoms. The molecule has 22 heavy (non-hydrogen) atoms. The van der Waals surface area contributed by atoms with Gasteiger partial charge in [0.15, 0.2) is 0 Å². The Morgan fingerprint density at radius 3 is 2.50 bits per heavy atom. The van der Waals surface area contributed by atoms with E-state index in [4.69, 9.17) is 9.84 Å². The molecule has 0 aromatic carbocycles. The van der Waals surface area contributed by atoms with Crippen LogP contribution in [-0.4, -0.2) is 43.0 Å². The van der Waals surface area contributed by atoms with E-state index in [1.165, 1.54) is 0 Å². The first-order valence-electron chi connectivity index (χ1n) is 8.41. The zero-order chi connectivity index (χ0) is 16.3. The summed E-state index contributed by atoms with van der Waals surface area (Å²) in [7, 11) is 1.76. The first-order chi connectivity index (χ1) is 10.5. The van der Waals surface area contributed by atoms with Crippen molar-refractivity contribution in [1.82, 2.24) is 10.6 Å². The van der Waals surface area contributed by atoms with E-state index in [9.17, 15) is 4.79 Å². The van der Waals surface area contributed by atoms with Crippen molar-refractivity contribution in [3.8, 4) is 0 Å². The number of nitrogens with one attached hydrogen (secondary N) is 2. The zero-order valence-electron chi connectivity index (χ0n) is 14.1. The van der Waals surface area contributed by atoms with Crippen LogP contribution in [0.5, 0.6) is 0 Å². The fourth-order valence-electron chi connectivity index (χ4n) is 4.47. The molecule has 5 atom stereocenters. The maximum absolute atomic E-state index is 12.3. The van der Waals surface area contributed by atoms with Gasteiger partial charge in [-0.15, -0.1) is 0 Å². The lowest BCUT2D eigenvalue weighted by Gasteiger charge is -2.59. The largest absolute Gasteiger partial charge is 0.396 e. The van der Waals surface area contributed by atoms with Gasteiger partial charge < -0.3 is 20.5 Å². The van der Waals surface area contributed by atoms with Crippen molar-refractivity contribution in [2.45, 2.75) is 58.2 Å². The van der Waals surface area contributed by atoms with E-state index in [0.717, 1.165) is 19.3 Å². The Kier molecular flexibility index (Phi) is 5.50. The minimum absolute atomic E-state index is 0.0170. The van der Waals surface area contributed by atoms with Crippen molar-refractivity contribution in [1.29, 1.82) is 0 Å². The lowest BCUT2D eigenvalue weighted by atomic mass is 9.53. The summed E-state index contributed by atoms with van der Waals surface area (Å²) in [6, 6.07) is 0.0424. The van der Waals surface area contributed by atoms with Crippen LogP contribution in [0.3, 0.4) is 0 Å². The van der Waals surface area contributed by atoms with Crippen LogP contribution in [0.1, 0.15) is 40.0 Å². The third-order valence-corrected chi connectivity index (χ3v) is 5.77. The van der Waals surface area contributed by atoms with Crippen molar-refractivity contribution >= 4 is 6.03 Å². The smallest absolute Gasteiger partial charge is 0.315 e. The van der Waals surface area contributed by atoms with Gasteiger partial charge >= 0.3 is 6.03 Å². The van der Waals surface area contributed by atoms with Crippen LogP contribution >= 0.6 is 0 Å². The molecule has 3 N–H and O–H groups in total. The van der Waals surface area contributed by atoms with Gasteiger partial charge in [-0.2, -0.15) is 0 Å². The Hall–Kier alpha value is -1.07. The van der Waals surface area contributed by atoms with Gasteiger partial charge in [-0.1, -0.05) is 32.9 Å². The van der Waals surface area contributed by atoms with Gasteiger partial charge in [-0.3, -0.25) is 0 Å². The molecule has 2 amide bonds. The highest BCUT2D eigenvalue weighted by atomic mass is 16.5. The Morgan fingerprint density at radius 1 is 1.32 bits per heavy atom. The highest BCUT2D eigenvalue weighted by molar-refractivity contribution is 5.75. The number of aliphatic hydroxyl groups excluding tert-OH is 1. The van der Waals surface area contributed by atoms with Crippen molar-refractivity contribution in [2.75, 3.05) is 13.7 Å². The summed E-state index contributed by atoms with van der Waals surface area (Å²) >= 11 is 0. The van der Waals surface area contributed by atoms with Crippen LogP contribution in [0.15, 0.2) is 12.2 Å². The molecule has 2 aliphatic carbocycles. The summed E-state index contributed by atoms with van der Waals surface area (Å²) in [5, 5.41) is 15.3. The SMILES string of the molecule is CCC1(CC)C(NC(=O)N[C@@H]2C=C[C@H](CO)C2)C(C)C1OC. The second-order valence-electron chi connectivity index (χ2n) is 6.72. The van der Waals surface area contributed by atoms with Crippen molar-refractivity contribution < 1.29 is 14.6 Å². The number of aliphatic hydroxyl groups is 1. The van der Waals surface area contributed by atoms with Crippen LogP contribution in [0.2, 0.25) is 0 Å². The number of hydrogen-bond acceptors (Lipinski definition) is 3. The van der Waals surface area contributed by atoms with Crippen LogP contribution in [-0.2, 0) is 4.74 Å². The van der Waals surface area contributed by atoms with Crippen molar-refractivity contribution in [2.24, 2.45) is 17.3 Å². The van der Waals surface area contributed by atoms with Gasteiger partial charge in [-0.05, 0) is 19.3 Å². The maximum Gasteiger partial charge on any atom is 0.315 e. The summed E-state index contributed by atoms with van der Waals surface area (Å²) in [6.45, 7) is 6.61. The molecule has 5 nitrogen and oxygen atoms in total. The molecule has 2 rings (SSSR count). The molecule has 0 heterocycles.